The van der Waals surface area contributed by atoms with Crippen molar-refractivity contribution in [1.29, 1.82) is 0 Å². The van der Waals surface area contributed by atoms with Gasteiger partial charge in [0.05, 0.1) is 0 Å². The van der Waals surface area contributed by atoms with Gasteiger partial charge in [-0.05, 0) is 55.3 Å². The Labute approximate surface area is 91.4 Å². The summed E-state index contributed by atoms with van der Waals surface area (Å²) in [6.07, 6.45) is 7.23. The van der Waals surface area contributed by atoms with Gasteiger partial charge in [-0.15, -0.1) is 0 Å². The standard InChI is InChI=1S/C13H19O2/c1-11-3-10-4-12(2,6-11)8-13(5-10,7-11)15-9-14/h10H,3-8H2,1-2H3. The van der Waals surface area contributed by atoms with Crippen LogP contribution < -0.4 is 0 Å². The Balaban J connectivity index is 1.98. The second-order valence-corrected chi connectivity index (χ2v) is 7.00. The largest absolute Gasteiger partial charge is 0.451 e. The van der Waals surface area contributed by atoms with Crippen molar-refractivity contribution in [1.82, 2.24) is 0 Å². The third kappa shape index (κ3) is 1.33. The molecule has 0 aromatic rings. The molecule has 0 aliphatic heterocycles. The Morgan fingerprint density at radius 1 is 1.07 bits per heavy atom. The van der Waals surface area contributed by atoms with Crippen LogP contribution in [0.5, 0.6) is 0 Å². The highest BCUT2D eigenvalue weighted by Crippen LogP contribution is 2.67. The topological polar surface area (TPSA) is 26.3 Å². The van der Waals surface area contributed by atoms with Gasteiger partial charge in [-0.3, -0.25) is 0 Å². The predicted molar refractivity (Wildman–Crippen MR) is 56.9 cm³/mol. The maximum Gasteiger partial charge on any atom is 0.418 e. The van der Waals surface area contributed by atoms with Crippen molar-refractivity contribution in [3.05, 3.63) is 0 Å². The normalized spacial score (nSPS) is 56.8. The summed E-state index contributed by atoms with van der Waals surface area (Å²) in [6.45, 7) is 6.46. The summed E-state index contributed by atoms with van der Waals surface area (Å²) in [5, 5.41) is 0. The van der Waals surface area contributed by atoms with Crippen LogP contribution in [0, 0.1) is 16.7 Å². The van der Waals surface area contributed by atoms with E-state index in [0.29, 0.717) is 10.8 Å². The molecule has 4 aliphatic rings. The van der Waals surface area contributed by atoms with Gasteiger partial charge in [0.15, 0.2) is 0 Å². The molecular formula is C13H19O2. The molecule has 0 aromatic heterocycles. The quantitative estimate of drug-likeness (QED) is 0.696. The molecule has 0 N–H and O–H groups in total. The van der Waals surface area contributed by atoms with Gasteiger partial charge in [0.2, 0.25) is 0 Å². The van der Waals surface area contributed by atoms with Crippen LogP contribution in [-0.2, 0) is 9.53 Å². The van der Waals surface area contributed by atoms with Crippen LogP contribution in [-0.4, -0.2) is 12.1 Å². The molecule has 4 saturated carbocycles. The summed E-state index contributed by atoms with van der Waals surface area (Å²) >= 11 is 0. The first-order chi connectivity index (χ1) is 6.97. The van der Waals surface area contributed by atoms with Gasteiger partial charge in [0.1, 0.15) is 5.60 Å². The molecule has 4 fully saturated rings. The second-order valence-electron chi connectivity index (χ2n) is 7.00. The van der Waals surface area contributed by atoms with E-state index in [2.05, 4.69) is 13.8 Å². The van der Waals surface area contributed by atoms with Crippen molar-refractivity contribution in [2.45, 2.75) is 58.0 Å². The van der Waals surface area contributed by atoms with Crippen molar-refractivity contribution < 1.29 is 9.53 Å². The summed E-state index contributed by atoms with van der Waals surface area (Å²) in [5.41, 5.74) is 0.695. The molecule has 0 aromatic carbocycles. The number of carbonyl (C=O) groups excluding carboxylic acids is 1. The van der Waals surface area contributed by atoms with E-state index >= 15 is 0 Å². The summed E-state index contributed by atoms with van der Waals surface area (Å²) in [4.78, 5) is 10.6. The third-order valence-corrected chi connectivity index (χ3v) is 4.83. The van der Waals surface area contributed by atoms with E-state index in [1.54, 1.807) is 6.47 Å². The Bertz CT molecular complexity index is 292. The van der Waals surface area contributed by atoms with Gasteiger partial charge >= 0.3 is 6.47 Å². The smallest absolute Gasteiger partial charge is 0.418 e. The first kappa shape index (κ1) is 9.68. The molecule has 2 heteroatoms. The minimum absolute atomic E-state index is 0.148. The van der Waals surface area contributed by atoms with Crippen molar-refractivity contribution in [3.8, 4) is 0 Å². The molecule has 0 spiro atoms. The molecule has 83 valence electrons. The zero-order valence-corrected chi connectivity index (χ0v) is 9.64. The van der Waals surface area contributed by atoms with Gasteiger partial charge in [0, 0.05) is 0 Å². The van der Waals surface area contributed by atoms with Gasteiger partial charge in [-0.2, -0.15) is 0 Å². The van der Waals surface area contributed by atoms with E-state index in [0.717, 1.165) is 25.2 Å². The lowest BCUT2D eigenvalue weighted by Gasteiger charge is -2.64. The van der Waals surface area contributed by atoms with E-state index in [1.165, 1.54) is 19.3 Å². The minimum Gasteiger partial charge on any atom is -0.451 e. The Hall–Kier alpha value is -0.530. The fourth-order valence-electron chi connectivity index (χ4n) is 5.55. The summed E-state index contributed by atoms with van der Waals surface area (Å²) in [7, 11) is 0. The Morgan fingerprint density at radius 2 is 1.67 bits per heavy atom. The third-order valence-electron chi connectivity index (χ3n) is 4.83. The number of ether oxygens (including phenoxy) is 1. The number of hydrogen-bond donors (Lipinski definition) is 0. The van der Waals surface area contributed by atoms with Crippen LogP contribution in [0.2, 0.25) is 0 Å². The molecule has 1 radical (unpaired) electrons. The van der Waals surface area contributed by atoms with Crippen LogP contribution in [0.4, 0.5) is 0 Å². The molecule has 4 rings (SSSR count). The maximum atomic E-state index is 10.6. The van der Waals surface area contributed by atoms with Crippen LogP contribution in [0.3, 0.4) is 0 Å². The molecule has 0 amide bonds. The molecule has 2 unspecified atom stereocenters. The van der Waals surface area contributed by atoms with E-state index < -0.39 is 0 Å². The van der Waals surface area contributed by atoms with Gasteiger partial charge < -0.3 is 4.74 Å². The summed E-state index contributed by atoms with van der Waals surface area (Å²) in [5.74, 6) is 0.782. The lowest BCUT2D eigenvalue weighted by atomic mass is 9.43. The van der Waals surface area contributed by atoms with Crippen molar-refractivity contribution in [3.63, 3.8) is 0 Å². The number of hydrogen-bond acceptors (Lipinski definition) is 2. The Morgan fingerprint density at radius 3 is 2.13 bits per heavy atom. The fraction of sp³-hybridized carbons (Fsp3) is 0.923. The second kappa shape index (κ2) is 2.58. The first-order valence-corrected chi connectivity index (χ1v) is 6.02. The van der Waals surface area contributed by atoms with Crippen molar-refractivity contribution >= 4 is 6.47 Å². The Kier molecular flexibility index (Phi) is 1.67. The predicted octanol–water partition coefficient (Wildman–Crippen LogP) is 2.82. The average Bonchev–Trinajstić information content (AvgIpc) is 1.94. The average molecular weight is 207 g/mol. The van der Waals surface area contributed by atoms with Crippen LogP contribution in [0.1, 0.15) is 52.4 Å². The molecule has 2 atom stereocenters. The van der Waals surface area contributed by atoms with Crippen LogP contribution in [0.25, 0.3) is 0 Å². The van der Waals surface area contributed by atoms with E-state index in [9.17, 15) is 4.79 Å². The van der Waals surface area contributed by atoms with Gasteiger partial charge in [0.25, 0.3) is 0 Å². The monoisotopic (exact) mass is 207 g/mol. The lowest BCUT2D eigenvalue weighted by Crippen LogP contribution is -2.59. The minimum atomic E-state index is -0.148. The first-order valence-electron chi connectivity index (χ1n) is 6.02. The van der Waals surface area contributed by atoms with Crippen molar-refractivity contribution in [2.24, 2.45) is 16.7 Å². The molecule has 0 heterocycles. The van der Waals surface area contributed by atoms with E-state index in [-0.39, 0.29) is 5.60 Å². The number of rotatable bonds is 2. The zero-order chi connectivity index (χ0) is 10.7. The van der Waals surface area contributed by atoms with Crippen molar-refractivity contribution in [2.75, 3.05) is 0 Å². The molecule has 4 bridgehead atoms. The van der Waals surface area contributed by atoms with E-state index in [4.69, 9.17) is 4.74 Å². The van der Waals surface area contributed by atoms with Gasteiger partial charge in [-0.1, -0.05) is 13.8 Å². The molecule has 2 nitrogen and oxygen atoms in total. The highest BCUT2D eigenvalue weighted by molar-refractivity contribution is 5.40. The maximum absolute atomic E-state index is 10.6. The lowest BCUT2D eigenvalue weighted by molar-refractivity contribution is -0.182. The highest BCUT2D eigenvalue weighted by Gasteiger charge is 2.61. The van der Waals surface area contributed by atoms with Crippen LogP contribution in [0.15, 0.2) is 0 Å². The van der Waals surface area contributed by atoms with Crippen LogP contribution >= 0.6 is 0 Å². The zero-order valence-electron chi connectivity index (χ0n) is 9.64. The van der Waals surface area contributed by atoms with E-state index in [1.807, 2.05) is 0 Å². The molecule has 15 heavy (non-hydrogen) atoms. The summed E-state index contributed by atoms with van der Waals surface area (Å²) < 4.78 is 5.37. The molecular weight excluding hydrogens is 188 g/mol. The summed E-state index contributed by atoms with van der Waals surface area (Å²) in [6, 6.07) is 0. The van der Waals surface area contributed by atoms with Gasteiger partial charge in [-0.25, -0.2) is 4.79 Å². The molecule has 4 aliphatic carbocycles. The SMILES string of the molecule is CC12CC3CC(C)(C1)CC(O[C]=O)(C3)C2. The fourth-order valence-corrected chi connectivity index (χ4v) is 5.55. The highest BCUT2D eigenvalue weighted by atomic mass is 16.5. The molecule has 0 saturated heterocycles.